The Hall–Kier alpha value is -1.39. The molecule has 0 aromatic heterocycles. The van der Waals surface area contributed by atoms with Crippen LogP contribution in [0.25, 0.3) is 0 Å². The minimum atomic E-state index is -0.894. The van der Waals surface area contributed by atoms with Gasteiger partial charge in [-0.25, -0.2) is 4.79 Å². The molecule has 1 aliphatic heterocycles. The van der Waals surface area contributed by atoms with E-state index in [9.17, 15) is 14.4 Å². The number of hydrogen-bond donors (Lipinski definition) is 0. The molecule has 66 valence electrons. The van der Waals surface area contributed by atoms with Gasteiger partial charge in [-0.15, -0.1) is 0 Å². The SMILES string of the molecule is COC(=O)N1C(=O)C[C@H](C)C1=O. The van der Waals surface area contributed by atoms with E-state index in [0.29, 0.717) is 4.90 Å². The molecule has 5 nitrogen and oxygen atoms in total. The zero-order valence-electron chi connectivity index (χ0n) is 6.86. The molecule has 0 aromatic carbocycles. The van der Waals surface area contributed by atoms with Crippen LogP contribution < -0.4 is 0 Å². The normalized spacial score (nSPS) is 23.2. The van der Waals surface area contributed by atoms with E-state index < -0.39 is 23.8 Å². The number of carbonyl (C=O) groups excluding carboxylic acids is 3. The Morgan fingerprint density at radius 1 is 1.58 bits per heavy atom. The summed E-state index contributed by atoms with van der Waals surface area (Å²) in [5, 5.41) is 0. The van der Waals surface area contributed by atoms with E-state index in [-0.39, 0.29) is 6.42 Å². The molecule has 1 heterocycles. The number of methoxy groups -OCH3 is 1. The second kappa shape index (κ2) is 2.92. The molecule has 0 unspecified atom stereocenters. The van der Waals surface area contributed by atoms with E-state index in [0.717, 1.165) is 7.11 Å². The predicted octanol–water partition coefficient (Wildman–Crippen LogP) is 0.148. The Labute approximate surface area is 69.3 Å². The van der Waals surface area contributed by atoms with E-state index >= 15 is 0 Å². The zero-order valence-corrected chi connectivity index (χ0v) is 6.86. The van der Waals surface area contributed by atoms with Gasteiger partial charge in [0.1, 0.15) is 0 Å². The fourth-order valence-electron chi connectivity index (χ4n) is 1.07. The number of imide groups is 3. The van der Waals surface area contributed by atoms with Crippen molar-refractivity contribution in [2.45, 2.75) is 13.3 Å². The summed E-state index contributed by atoms with van der Waals surface area (Å²) in [6, 6.07) is 0. The van der Waals surface area contributed by atoms with Crippen molar-refractivity contribution < 1.29 is 19.1 Å². The number of hydrogen-bond acceptors (Lipinski definition) is 4. The zero-order chi connectivity index (χ0) is 9.30. The number of likely N-dealkylation sites (tertiary alicyclic amines) is 1. The van der Waals surface area contributed by atoms with Crippen molar-refractivity contribution in [2.75, 3.05) is 7.11 Å². The second-order valence-corrected chi connectivity index (χ2v) is 2.64. The average molecular weight is 171 g/mol. The summed E-state index contributed by atoms with van der Waals surface area (Å²) in [4.78, 5) is 33.5. The lowest BCUT2D eigenvalue weighted by Gasteiger charge is -2.09. The summed E-state index contributed by atoms with van der Waals surface area (Å²) in [6.45, 7) is 1.60. The summed E-state index contributed by atoms with van der Waals surface area (Å²) >= 11 is 0. The highest BCUT2D eigenvalue weighted by molar-refractivity contribution is 6.14. The van der Waals surface area contributed by atoms with Gasteiger partial charge >= 0.3 is 6.09 Å². The third kappa shape index (κ3) is 1.17. The molecule has 0 spiro atoms. The Bertz CT molecular complexity index is 240. The number of nitrogens with zero attached hydrogens (tertiary/aromatic N) is 1. The van der Waals surface area contributed by atoms with Crippen molar-refractivity contribution in [3.8, 4) is 0 Å². The first-order valence-corrected chi connectivity index (χ1v) is 3.52. The molecule has 0 saturated carbocycles. The minimum absolute atomic E-state index is 0.0912. The number of rotatable bonds is 0. The van der Waals surface area contributed by atoms with Crippen LogP contribution in [-0.2, 0) is 14.3 Å². The van der Waals surface area contributed by atoms with E-state index in [2.05, 4.69) is 4.74 Å². The topological polar surface area (TPSA) is 63.7 Å². The first kappa shape index (κ1) is 8.70. The van der Waals surface area contributed by atoms with Gasteiger partial charge in [0.2, 0.25) is 11.8 Å². The molecular formula is C7H9NO4. The fourth-order valence-corrected chi connectivity index (χ4v) is 1.07. The number of amides is 3. The molecule has 12 heavy (non-hydrogen) atoms. The van der Waals surface area contributed by atoms with Crippen LogP contribution in [0, 0.1) is 5.92 Å². The third-order valence-corrected chi connectivity index (χ3v) is 1.73. The Kier molecular flexibility index (Phi) is 2.12. The molecule has 1 aliphatic rings. The van der Waals surface area contributed by atoms with Crippen LogP contribution in [0.15, 0.2) is 0 Å². The predicted molar refractivity (Wildman–Crippen MR) is 38.0 cm³/mol. The first-order chi connectivity index (χ1) is 5.57. The Morgan fingerprint density at radius 2 is 2.17 bits per heavy atom. The Balaban J connectivity index is 2.84. The minimum Gasteiger partial charge on any atom is -0.452 e. The molecule has 0 radical (unpaired) electrons. The monoisotopic (exact) mass is 171 g/mol. The van der Waals surface area contributed by atoms with Gasteiger partial charge in [-0.3, -0.25) is 9.59 Å². The standard InChI is InChI=1S/C7H9NO4/c1-4-3-5(9)8(6(4)10)7(11)12-2/h4H,3H2,1-2H3/t4-/m0/s1. The van der Waals surface area contributed by atoms with Gasteiger partial charge in [0.05, 0.1) is 7.11 Å². The quantitative estimate of drug-likeness (QED) is 0.486. The van der Waals surface area contributed by atoms with Crippen molar-refractivity contribution in [3.63, 3.8) is 0 Å². The lowest BCUT2D eigenvalue weighted by atomic mass is 10.1. The molecule has 0 bridgehead atoms. The average Bonchev–Trinajstić information content (AvgIpc) is 2.26. The lowest BCUT2D eigenvalue weighted by molar-refractivity contribution is -0.136. The maximum Gasteiger partial charge on any atom is 0.423 e. The molecule has 3 amide bonds. The first-order valence-electron chi connectivity index (χ1n) is 3.52. The summed E-state index contributed by atoms with van der Waals surface area (Å²) < 4.78 is 4.27. The van der Waals surface area contributed by atoms with Crippen LogP contribution in [-0.4, -0.2) is 29.9 Å². The van der Waals surface area contributed by atoms with E-state index in [1.165, 1.54) is 0 Å². The van der Waals surface area contributed by atoms with Crippen molar-refractivity contribution >= 4 is 17.9 Å². The smallest absolute Gasteiger partial charge is 0.423 e. The van der Waals surface area contributed by atoms with Gasteiger partial charge in [0.25, 0.3) is 0 Å². The lowest BCUT2D eigenvalue weighted by Crippen LogP contribution is -2.36. The van der Waals surface area contributed by atoms with Gasteiger partial charge < -0.3 is 4.74 Å². The molecule has 5 heteroatoms. The molecule has 1 rings (SSSR count). The molecule has 1 fully saturated rings. The van der Waals surface area contributed by atoms with Crippen molar-refractivity contribution in [3.05, 3.63) is 0 Å². The third-order valence-electron chi connectivity index (χ3n) is 1.73. The van der Waals surface area contributed by atoms with E-state index in [1.54, 1.807) is 6.92 Å². The van der Waals surface area contributed by atoms with E-state index in [1.807, 2.05) is 0 Å². The molecule has 0 aliphatic carbocycles. The van der Waals surface area contributed by atoms with Crippen molar-refractivity contribution in [1.82, 2.24) is 4.90 Å². The maximum atomic E-state index is 11.1. The number of ether oxygens (including phenoxy) is 1. The van der Waals surface area contributed by atoms with Crippen LogP contribution >= 0.6 is 0 Å². The highest BCUT2D eigenvalue weighted by atomic mass is 16.5. The van der Waals surface area contributed by atoms with E-state index in [4.69, 9.17) is 0 Å². The van der Waals surface area contributed by atoms with Gasteiger partial charge in [0.15, 0.2) is 0 Å². The molecular weight excluding hydrogens is 162 g/mol. The summed E-state index contributed by atoms with van der Waals surface area (Å²) in [7, 11) is 1.13. The molecule has 0 aromatic rings. The molecule has 0 N–H and O–H groups in total. The van der Waals surface area contributed by atoms with Gasteiger partial charge in [-0.2, -0.15) is 4.90 Å². The van der Waals surface area contributed by atoms with Crippen molar-refractivity contribution in [2.24, 2.45) is 5.92 Å². The van der Waals surface area contributed by atoms with Gasteiger partial charge in [-0.05, 0) is 0 Å². The van der Waals surface area contributed by atoms with Gasteiger partial charge in [-0.1, -0.05) is 6.92 Å². The second-order valence-electron chi connectivity index (χ2n) is 2.64. The highest BCUT2D eigenvalue weighted by Gasteiger charge is 2.40. The summed E-state index contributed by atoms with van der Waals surface area (Å²) in [5.41, 5.74) is 0. The highest BCUT2D eigenvalue weighted by Crippen LogP contribution is 2.18. The van der Waals surface area contributed by atoms with Crippen LogP contribution in [0.3, 0.4) is 0 Å². The van der Waals surface area contributed by atoms with Crippen LogP contribution in [0.4, 0.5) is 4.79 Å². The van der Waals surface area contributed by atoms with Crippen LogP contribution in [0.5, 0.6) is 0 Å². The fraction of sp³-hybridized carbons (Fsp3) is 0.571. The molecule has 1 atom stereocenters. The van der Waals surface area contributed by atoms with Crippen LogP contribution in [0.2, 0.25) is 0 Å². The summed E-state index contributed by atoms with van der Waals surface area (Å²) in [5.74, 6) is -1.37. The Morgan fingerprint density at radius 3 is 2.50 bits per heavy atom. The van der Waals surface area contributed by atoms with Gasteiger partial charge in [0, 0.05) is 12.3 Å². The van der Waals surface area contributed by atoms with Crippen molar-refractivity contribution in [1.29, 1.82) is 0 Å². The summed E-state index contributed by atoms with van der Waals surface area (Å²) in [6.07, 6.45) is -0.803. The molecule has 1 saturated heterocycles. The largest absolute Gasteiger partial charge is 0.452 e. The maximum absolute atomic E-state index is 11.1. The van der Waals surface area contributed by atoms with Crippen LogP contribution in [0.1, 0.15) is 13.3 Å². The number of carbonyl (C=O) groups is 3.